The number of aliphatic hydroxyl groups is 1. The van der Waals surface area contributed by atoms with E-state index in [1.807, 2.05) is 30.3 Å². The van der Waals surface area contributed by atoms with Crippen LogP contribution in [0.1, 0.15) is 23.7 Å². The predicted octanol–water partition coefficient (Wildman–Crippen LogP) is 2.59. The van der Waals surface area contributed by atoms with Gasteiger partial charge in [-0.05, 0) is 30.2 Å². The first-order valence-electron chi connectivity index (χ1n) is 8.15. The fourth-order valence-electron chi connectivity index (χ4n) is 3.49. The summed E-state index contributed by atoms with van der Waals surface area (Å²) < 4.78 is 32.6. The van der Waals surface area contributed by atoms with E-state index in [9.17, 15) is 13.5 Å². The van der Waals surface area contributed by atoms with Crippen LogP contribution < -0.4 is 4.74 Å². The summed E-state index contributed by atoms with van der Waals surface area (Å²) in [5.74, 6) is 0.821. The molecule has 0 aromatic heterocycles. The van der Waals surface area contributed by atoms with Crippen LogP contribution in [-0.4, -0.2) is 37.5 Å². The van der Waals surface area contributed by atoms with Crippen molar-refractivity contribution in [3.8, 4) is 5.75 Å². The number of ether oxygens (including phenoxy) is 1. The SMILES string of the molecule is CN1[C@@H](CC2=Cc3ccccc3OC2)[C@H](O)c2ccccc2S1(=O)=O. The van der Waals surface area contributed by atoms with Crippen molar-refractivity contribution in [2.45, 2.75) is 23.5 Å². The number of likely N-dealkylation sites (N-methyl/N-ethyl adjacent to an activating group) is 1. The fourth-order valence-corrected chi connectivity index (χ4v) is 5.08. The second-order valence-electron chi connectivity index (χ2n) is 6.40. The number of aliphatic hydroxyl groups excluding tert-OH is 1. The van der Waals surface area contributed by atoms with Crippen molar-refractivity contribution >= 4 is 16.1 Å². The molecule has 6 heteroatoms. The minimum atomic E-state index is -3.61. The van der Waals surface area contributed by atoms with E-state index in [0.29, 0.717) is 18.6 Å². The molecule has 2 heterocycles. The van der Waals surface area contributed by atoms with Crippen LogP contribution in [0.3, 0.4) is 0 Å². The Kier molecular flexibility index (Phi) is 3.91. The summed E-state index contributed by atoms with van der Waals surface area (Å²) in [4.78, 5) is 0.181. The summed E-state index contributed by atoms with van der Waals surface area (Å²) in [6.45, 7) is 0.399. The zero-order valence-electron chi connectivity index (χ0n) is 13.8. The van der Waals surface area contributed by atoms with Gasteiger partial charge in [0.15, 0.2) is 0 Å². The third-order valence-corrected chi connectivity index (χ3v) is 6.85. The molecule has 0 radical (unpaired) electrons. The zero-order chi connectivity index (χ0) is 17.6. The van der Waals surface area contributed by atoms with Crippen LogP contribution >= 0.6 is 0 Å². The minimum absolute atomic E-state index is 0.181. The summed E-state index contributed by atoms with van der Waals surface area (Å²) in [5.41, 5.74) is 2.40. The van der Waals surface area contributed by atoms with Gasteiger partial charge in [-0.3, -0.25) is 0 Å². The summed E-state index contributed by atoms with van der Waals surface area (Å²) in [7, 11) is -2.08. The number of nitrogens with zero attached hydrogens (tertiary/aromatic N) is 1. The highest BCUT2D eigenvalue weighted by Crippen LogP contribution is 2.39. The fraction of sp³-hybridized carbons (Fsp3) is 0.263. The first-order chi connectivity index (χ1) is 12.0. The third-order valence-electron chi connectivity index (χ3n) is 4.89. The van der Waals surface area contributed by atoms with Crippen LogP contribution in [0.4, 0.5) is 0 Å². The molecule has 0 unspecified atom stereocenters. The predicted molar refractivity (Wildman–Crippen MR) is 94.7 cm³/mol. The summed E-state index contributed by atoms with van der Waals surface area (Å²) in [5, 5.41) is 10.8. The van der Waals surface area contributed by atoms with Gasteiger partial charge in [-0.25, -0.2) is 8.42 Å². The van der Waals surface area contributed by atoms with Gasteiger partial charge in [-0.1, -0.05) is 36.4 Å². The number of hydrogen-bond donors (Lipinski definition) is 1. The van der Waals surface area contributed by atoms with Crippen molar-refractivity contribution in [2.24, 2.45) is 0 Å². The van der Waals surface area contributed by atoms with E-state index < -0.39 is 22.2 Å². The minimum Gasteiger partial charge on any atom is -0.489 e. The maximum atomic E-state index is 12.8. The molecule has 0 fully saturated rings. The maximum Gasteiger partial charge on any atom is 0.243 e. The molecule has 4 rings (SSSR count). The first kappa shape index (κ1) is 16.3. The largest absolute Gasteiger partial charge is 0.489 e. The molecule has 0 bridgehead atoms. The van der Waals surface area contributed by atoms with Crippen LogP contribution in [-0.2, 0) is 10.0 Å². The molecule has 25 heavy (non-hydrogen) atoms. The lowest BCUT2D eigenvalue weighted by molar-refractivity contribution is 0.0879. The molecule has 2 aliphatic rings. The Morgan fingerprint density at radius 1 is 1.16 bits per heavy atom. The van der Waals surface area contributed by atoms with Gasteiger partial charge in [-0.15, -0.1) is 0 Å². The lowest BCUT2D eigenvalue weighted by Crippen LogP contribution is -2.45. The Bertz CT molecular complexity index is 951. The van der Waals surface area contributed by atoms with E-state index in [4.69, 9.17) is 4.74 Å². The molecule has 2 atom stereocenters. The number of rotatable bonds is 2. The van der Waals surface area contributed by atoms with Crippen LogP contribution in [0.25, 0.3) is 6.08 Å². The number of para-hydroxylation sites is 1. The van der Waals surface area contributed by atoms with E-state index in [1.165, 1.54) is 11.4 Å². The normalized spacial score (nSPS) is 24.6. The standard InChI is InChI=1S/C19H19NO4S/c1-20-16(11-13-10-14-6-2-4-8-17(14)24-12-13)19(21)15-7-3-5-9-18(15)25(20,22)23/h2-10,16,19,21H,11-12H2,1H3/t16-,19+/m0/s1. The van der Waals surface area contributed by atoms with Crippen molar-refractivity contribution in [3.05, 3.63) is 65.2 Å². The van der Waals surface area contributed by atoms with Crippen molar-refractivity contribution in [1.82, 2.24) is 4.31 Å². The van der Waals surface area contributed by atoms with Crippen LogP contribution in [0.5, 0.6) is 5.75 Å². The van der Waals surface area contributed by atoms with E-state index in [-0.39, 0.29) is 4.90 Å². The quantitative estimate of drug-likeness (QED) is 0.897. The molecule has 130 valence electrons. The van der Waals surface area contributed by atoms with Crippen molar-refractivity contribution in [3.63, 3.8) is 0 Å². The summed E-state index contributed by atoms with van der Waals surface area (Å²) >= 11 is 0. The van der Waals surface area contributed by atoms with Crippen molar-refractivity contribution in [1.29, 1.82) is 0 Å². The molecule has 2 aromatic rings. The summed E-state index contributed by atoms with van der Waals surface area (Å²) in [6, 6.07) is 13.8. The maximum absolute atomic E-state index is 12.8. The average Bonchev–Trinajstić information content (AvgIpc) is 2.64. The number of benzene rings is 2. The molecule has 1 N–H and O–H groups in total. The zero-order valence-corrected chi connectivity index (χ0v) is 14.6. The molecule has 0 saturated carbocycles. The Morgan fingerprint density at radius 2 is 1.88 bits per heavy atom. The smallest absolute Gasteiger partial charge is 0.243 e. The molecule has 0 spiro atoms. The Balaban J connectivity index is 1.69. The van der Waals surface area contributed by atoms with E-state index in [1.54, 1.807) is 24.3 Å². The molecule has 0 aliphatic carbocycles. The van der Waals surface area contributed by atoms with Gasteiger partial charge in [0.25, 0.3) is 0 Å². The molecule has 0 amide bonds. The third kappa shape index (κ3) is 2.66. The number of sulfonamides is 1. The first-order valence-corrected chi connectivity index (χ1v) is 9.59. The van der Waals surface area contributed by atoms with Gasteiger partial charge in [-0.2, -0.15) is 4.31 Å². The Morgan fingerprint density at radius 3 is 2.72 bits per heavy atom. The second kappa shape index (κ2) is 5.98. The Hall–Kier alpha value is -2.15. The highest BCUT2D eigenvalue weighted by molar-refractivity contribution is 7.89. The van der Waals surface area contributed by atoms with Gasteiger partial charge in [0, 0.05) is 18.2 Å². The van der Waals surface area contributed by atoms with Crippen molar-refractivity contribution < 1.29 is 18.3 Å². The van der Waals surface area contributed by atoms with Crippen LogP contribution in [0.2, 0.25) is 0 Å². The van der Waals surface area contributed by atoms with Gasteiger partial charge in [0.1, 0.15) is 12.4 Å². The lowest BCUT2D eigenvalue weighted by Gasteiger charge is -2.37. The van der Waals surface area contributed by atoms with Crippen LogP contribution in [0.15, 0.2) is 59.0 Å². The van der Waals surface area contributed by atoms with E-state index >= 15 is 0 Å². The monoisotopic (exact) mass is 357 g/mol. The average molecular weight is 357 g/mol. The second-order valence-corrected chi connectivity index (χ2v) is 8.37. The highest BCUT2D eigenvalue weighted by Gasteiger charge is 2.41. The topological polar surface area (TPSA) is 66.8 Å². The van der Waals surface area contributed by atoms with Gasteiger partial charge >= 0.3 is 0 Å². The van der Waals surface area contributed by atoms with Gasteiger partial charge in [0.05, 0.1) is 17.0 Å². The van der Waals surface area contributed by atoms with Crippen LogP contribution in [0, 0.1) is 0 Å². The van der Waals surface area contributed by atoms with Crippen molar-refractivity contribution in [2.75, 3.05) is 13.7 Å². The lowest BCUT2D eigenvalue weighted by atomic mass is 9.94. The molecule has 5 nitrogen and oxygen atoms in total. The summed E-state index contributed by atoms with van der Waals surface area (Å²) in [6.07, 6.45) is 1.56. The molecule has 0 saturated heterocycles. The Labute approximate surface area is 147 Å². The highest BCUT2D eigenvalue weighted by atomic mass is 32.2. The molecular weight excluding hydrogens is 338 g/mol. The van der Waals surface area contributed by atoms with Gasteiger partial charge < -0.3 is 9.84 Å². The molecular formula is C19H19NO4S. The number of hydrogen-bond acceptors (Lipinski definition) is 4. The molecule has 2 aliphatic heterocycles. The number of fused-ring (bicyclic) bond motifs is 2. The van der Waals surface area contributed by atoms with Gasteiger partial charge in [0.2, 0.25) is 10.0 Å². The van der Waals surface area contributed by atoms with E-state index in [0.717, 1.165) is 16.9 Å². The molecule has 2 aromatic carbocycles. The van der Waals surface area contributed by atoms with E-state index in [2.05, 4.69) is 0 Å².